The molecule has 2 rings (SSSR count). The summed E-state index contributed by atoms with van der Waals surface area (Å²) in [6, 6.07) is 11.6. The van der Waals surface area contributed by atoms with Crippen molar-refractivity contribution < 1.29 is 9.53 Å². The smallest absolute Gasteiger partial charge is 0.413 e. The molecule has 0 saturated carbocycles. The molecule has 0 spiro atoms. The third-order valence-corrected chi connectivity index (χ3v) is 2.56. The number of hydrogen-bond acceptors (Lipinski definition) is 4. The molecule has 0 radical (unpaired) electrons. The fourth-order valence-corrected chi connectivity index (χ4v) is 1.72. The summed E-state index contributed by atoms with van der Waals surface area (Å²) in [5.41, 5.74) is 4.55. The molecule has 0 bridgehead atoms. The molecule has 2 aromatic rings. The topological polar surface area (TPSA) is 68.2 Å². The van der Waals surface area contributed by atoms with Gasteiger partial charge in [-0.2, -0.15) is 9.89 Å². The fourth-order valence-electron chi connectivity index (χ4n) is 1.54. The summed E-state index contributed by atoms with van der Waals surface area (Å²) < 4.78 is 4.72. The molecule has 1 aromatic heterocycles. The van der Waals surface area contributed by atoms with Gasteiger partial charge in [0.25, 0.3) is 0 Å². The van der Waals surface area contributed by atoms with Gasteiger partial charge in [0, 0.05) is 11.8 Å². The van der Waals surface area contributed by atoms with E-state index in [0.29, 0.717) is 0 Å². The predicted octanol–water partition coefficient (Wildman–Crippen LogP) is 2.12. The molecular weight excluding hydrogens is 276 g/mol. The van der Waals surface area contributed by atoms with E-state index in [1.54, 1.807) is 13.1 Å². The minimum Gasteiger partial charge on any atom is -0.450 e. The van der Waals surface area contributed by atoms with Crippen LogP contribution >= 0.6 is 12.2 Å². The highest BCUT2D eigenvalue weighted by atomic mass is 32.1. The summed E-state index contributed by atoms with van der Waals surface area (Å²) in [7, 11) is 0. The zero-order valence-corrected chi connectivity index (χ0v) is 11.7. The molecule has 2 N–H and O–H groups in total. The molecule has 0 atom stereocenters. The lowest BCUT2D eigenvalue weighted by molar-refractivity contribution is 0.158. The number of rotatable bonds is 3. The van der Waals surface area contributed by atoms with Gasteiger partial charge in [0.2, 0.25) is 0 Å². The highest BCUT2D eigenvalue weighted by Crippen LogP contribution is 2.15. The van der Waals surface area contributed by atoms with Crippen molar-refractivity contribution >= 4 is 23.4 Å². The van der Waals surface area contributed by atoms with E-state index in [-0.39, 0.29) is 11.7 Å². The Morgan fingerprint density at radius 3 is 2.80 bits per heavy atom. The standard InChI is InChI=1S/C13H14N4O2S/c1-2-19-13(18)14-12(20)16-17-9-8-11(15-17)10-6-4-3-5-7-10/h3-9H,2H2,1H3,(H2,14,16,18,20). The normalized spacial score (nSPS) is 9.85. The molecule has 1 amide bonds. The van der Waals surface area contributed by atoms with Crippen LogP contribution in [0.2, 0.25) is 0 Å². The van der Waals surface area contributed by atoms with E-state index in [0.717, 1.165) is 11.3 Å². The number of carbonyl (C=O) groups excluding carboxylic acids is 1. The number of carbonyl (C=O) groups is 1. The van der Waals surface area contributed by atoms with Crippen LogP contribution in [0.15, 0.2) is 42.6 Å². The van der Waals surface area contributed by atoms with Gasteiger partial charge in [-0.25, -0.2) is 4.79 Å². The molecule has 0 aliphatic rings. The Morgan fingerprint density at radius 1 is 1.35 bits per heavy atom. The first kappa shape index (κ1) is 14.0. The van der Waals surface area contributed by atoms with E-state index < -0.39 is 6.09 Å². The molecule has 1 aromatic carbocycles. The van der Waals surface area contributed by atoms with Gasteiger partial charge in [-0.15, -0.1) is 0 Å². The summed E-state index contributed by atoms with van der Waals surface area (Å²) in [4.78, 5) is 12.6. The van der Waals surface area contributed by atoms with Crippen LogP contribution < -0.4 is 10.7 Å². The van der Waals surface area contributed by atoms with Gasteiger partial charge in [-0.3, -0.25) is 10.7 Å². The molecule has 7 heteroatoms. The fraction of sp³-hybridized carbons (Fsp3) is 0.154. The Bertz CT molecular complexity index is 597. The Morgan fingerprint density at radius 2 is 2.10 bits per heavy atom. The summed E-state index contributed by atoms with van der Waals surface area (Å²) in [6.07, 6.45) is 1.11. The molecular formula is C13H14N4O2S. The average molecular weight is 290 g/mol. The van der Waals surface area contributed by atoms with E-state index in [4.69, 9.17) is 17.0 Å². The minimum atomic E-state index is -0.597. The van der Waals surface area contributed by atoms with Crippen molar-refractivity contribution in [2.24, 2.45) is 0 Å². The molecule has 0 aliphatic carbocycles. The second-order valence-corrected chi connectivity index (χ2v) is 4.21. The van der Waals surface area contributed by atoms with E-state index in [1.165, 1.54) is 4.79 Å². The van der Waals surface area contributed by atoms with Gasteiger partial charge >= 0.3 is 6.09 Å². The first-order valence-electron chi connectivity index (χ1n) is 6.05. The van der Waals surface area contributed by atoms with Crippen LogP contribution in [0.25, 0.3) is 11.3 Å². The number of aromatic nitrogens is 2. The minimum absolute atomic E-state index is 0.117. The van der Waals surface area contributed by atoms with Gasteiger partial charge < -0.3 is 4.74 Å². The van der Waals surface area contributed by atoms with E-state index in [1.807, 2.05) is 36.4 Å². The molecule has 0 saturated heterocycles. The third kappa shape index (κ3) is 3.79. The zero-order chi connectivity index (χ0) is 14.4. The van der Waals surface area contributed by atoms with E-state index in [9.17, 15) is 4.79 Å². The van der Waals surface area contributed by atoms with E-state index >= 15 is 0 Å². The summed E-state index contributed by atoms with van der Waals surface area (Å²) >= 11 is 4.97. The number of nitrogens with zero attached hydrogens (tertiary/aromatic N) is 2. The highest BCUT2D eigenvalue weighted by Gasteiger charge is 2.06. The maximum absolute atomic E-state index is 11.2. The van der Waals surface area contributed by atoms with Gasteiger partial charge in [-0.05, 0) is 25.2 Å². The number of hydrogen-bond donors (Lipinski definition) is 2. The number of nitrogens with one attached hydrogen (secondary N) is 2. The Hall–Kier alpha value is -2.41. The van der Waals surface area contributed by atoms with Gasteiger partial charge in [0.1, 0.15) is 0 Å². The lowest BCUT2D eigenvalue weighted by Gasteiger charge is -2.08. The number of thiocarbonyl (C=S) groups is 1. The molecule has 0 fully saturated rings. The van der Waals surface area contributed by atoms with Crippen LogP contribution in [0.4, 0.5) is 4.79 Å². The van der Waals surface area contributed by atoms with Crippen molar-refractivity contribution in [3.8, 4) is 11.3 Å². The largest absolute Gasteiger partial charge is 0.450 e. The number of amides is 1. The summed E-state index contributed by atoms with van der Waals surface area (Å²) in [6.45, 7) is 2.00. The van der Waals surface area contributed by atoms with Crippen LogP contribution in [0.3, 0.4) is 0 Å². The molecule has 0 unspecified atom stereocenters. The van der Waals surface area contributed by atoms with Gasteiger partial charge in [0.05, 0.1) is 12.3 Å². The Labute approximate surface area is 121 Å². The predicted molar refractivity (Wildman–Crippen MR) is 79.8 cm³/mol. The zero-order valence-electron chi connectivity index (χ0n) is 10.9. The molecule has 20 heavy (non-hydrogen) atoms. The molecule has 0 aliphatic heterocycles. The van der Waals surface area contributed by atoms with Crippen LogP contribution in [-0.4, -0.2) is 27.7 Å². The van der Waals surface area contributed by atoms with Crippen molar-refractivity contribution in [1.82, 2.24) is 15.2 Å². The SMILES string of the molecule is CCOC(=O)NC(=S)Nn1ccc(-c2ccccc2)n1. The van der Waals surface area contributed by atoms with Crippen molar-refractivity contribution in [1.29, 1.82) is 0 Å². The van der Waals surface area contributed by atoms with Gasteiger partial charge in [0.15, 0.2) is 5.11 Å². The van der Waals surface area contributed by atoms with Crippen molar-refractivity contribution in [3.05, 3.63) is 42.6 Å². The third-order valence-electron chi connectivity index (χ3n) is 2.37. The molecule has 6 nitrogen and oxygen atoms in total. The maximum Gasteiger partial charge on any atom is 0.413 e. The quantitative estimate of drug-likeness (QED) is 0.848. The number of ether oxygens (including phenoxy) is 1. The van der Waals surface area contributed by atoms with Crippen molar-refractivity contribution in [2.75, 3.05) is 12.0 Å². The van der Waals surface area contributed by atoms with Crippen molar-refractivity contribution in [3.63, 3.8) is 0 Å². The van der Waals surface area contributed by atoms with Crippen molar-refractivity contribution in [2.45, 2.75) is 6.92 Å². The van der Waals surface area contributed by atoms with Gasteiger partial charge in [-0.1, -0.05) is 30.3 Å². The second-order valence-electron chi connectivity index (χ2n) is 3.80. The highest BCUT2D eigenvalue weighted by molar-refractivity contribution is 7.80. The van der Waals surface area contributed by atoms with Crippen LogP contribution in [-0.2, 0) is 4.74 Å². The van der Waals surface area contributed by atoms with Crippen LogP contribution in [0.5, 0.6) is 0 Å². The lowest BCUT2D eigenvalue weighted by atomic mass is 10.2. The summed E-state index contributed by atoms with van der Waals surface area (Å²) in [5, 5.41) is 6.79. The average Bonchev–Trinajstić information content (AvgIpc) is 2.88. The second kappa shape index (κ2) is 6.67. The Kier molecular flexibility index (Phi) is 4.67. The first-order valence-corrected chi connectivity index (χ1v) is 6.45. The number of benzene rings is 1. The lowest BCUT2D eigenvalue weighted by Crippen LogP contribution is -2.38. The Balaban J connectivity index is 1.96. The number of alkyl carbamates (subject to hydrolysis) is 1. The molecule has 1 heterocycles. The summed E-state index contributed by atoms with van der Waals surface area (Å²) in [5.74, 6) is 0. The van der Waals surface area contributed by atoms with Crippen LogP contribution in [0, 0.1) is 0 Å². The van der Waals surface area contributed by atoms with Crippen LogP contribution in [0.1, 0.15) is 6.92 Å². The van der Waals surface area contributed by atoms with E-state index in [2.05, 4.69) is 15.8 Å². The maximum atomic E-state index is 11.2. The monoisotopic (exact) mass is 290 g/mol. The molecule has 104 valence electrons. The first-order chi connectivity index (χ1) is 9.69.